The van der Waals surface area contributed by atoms with Crippen LogP contribution in [0.3, 0.4) is 0 Å². The van der Waals surface area contributed by atoms with E-state index in [1.807, 2.05) is 0 Å². The molecule has 0 saturated carbocycles. The van der Waals surface area contributed by atoms with Gasteiger partial charge in [-0.25, -0.2) is 0 Å². The molecule has 0 aromatic rings. The first kappa shape index (κ1) is 30.0. The van der Waals surface area contributed by atoms with E-state index in [9.17, 15) is 23.7 Å². The van der Waals surface area contributed by atoms with E-state index in [1.54, 1.807) is 27.7 Å². The highest BCUT2D eigenvalue weighted by Crippen LogP contribution is 2.51. The van der Waals surface area contributed by atoms with Gasteiger partial charge in [-0.3, -0.25) is 23.7 Å². The standard InChI is InChI=1S/C21H35O12P/c1-11(2)32-34(26,33-12(3)4)10-9-17-18(27-13(5)22)19(28-14(6)23)20(29-15(7)24)21(31-17)30-16(8)25/h11-12,17-21H,9-10H2,1-8H3/t17-,18-,19+,20+,21?/m1/s1. The van der Waals surface area contributed by atoms with E-state index in [0.29, 0.717) is 0 Å². The Morgan fingerprint density at radius 1 is 0.706 bits per heavy atom. The zero-order chi connectivity index (χ0) is 26.2. The Morgan fingerprint density at radius 2 is 1.12 bits per heavy atom. The van der Waals surface area contributed by atoms with Gasteiger partial charge in [-0.1, -0.05) is 0 Å². The minimum atomic E-state index is -3.61. The molecule has 1 heterocycles. The molecule has 0 radical (unpaired) electrons. The third kappa shape index (κ3) is 10.1. The van der Waals surface area contributed by atoms with Crippen molar-refractivity contribution >= 4 is 31.5 Å². The number of esters is 4. The molecule has 1 rings (SSSR count). The lowest BCUT2D eigenvalue weighted by atomic mass is 9.96. The second-order valence-electron chi connectivity index (χ2n) is 8.31. The molecule has 13 heteroatoms. The van der Waals surface area contributed by atoms with Gasteiger partial charge < -0.3 is 32.7 Å². The van der Waals surface area contributed by atoms with Crippen LogP contribution in [0, 0.1) is 0 Å². The summed E-state index contributed by atoms with van der Waals surface area (Å²) in [7, 11) is -3.61. The maximum atomic E-state index is 13.3. The predicted octanol–water partition coefficient (Wildman–Crippen LogP) is 2.50. The molecule has 0 bridgehead atoms. The fourth-order valence-corrected chi connectivity index (χ4v) is 5.52. The van der Waals surface area contributed by atoms with Crippen molar-refractivity contribution in [3.63, 3.8) is 0 Å². The minimum Gasteiger partial charge on any atom is -0.456 e. The van der Waals surface area contributed by atoms with Crippen molar-refractivity contribution in [2.75, 3.05) is 6.16 Å². The number of carbonyl (C=O) groups excluding carboxylic acids is 4. The van der Waals surface area contributed by atoms with Crippen molar-refractivity contribution in [1.29, 1.82) is 0 Å². The number of hydrogen-bond donors (Lipinski definition) is 0. The van der Waals surface area contributed by atoms with Gasteiger partial charge in [0.2, 0.25) is 12.4 Å². The minimum absolute atomic E-state index is 0.0585. The molecule has 1 fully saturated rings. The molecule has 1 aliphatic rings. The average Bonchev–Trinajstić information content (AvgIpc) is 2.62. The van der Waals surface area contributed by atoms with Gasteiger partial charge in [0.25, 0.3) is 0 Å². The Hall–Kier alpha value is -2.01. The number of rotatable bonds is 11. The molecule has 1 aliphatic heterocycles. The average molecular weight is 510 g/mol. The lowest BCUT2D eigenvalue weighted by Gasteiger charge is -2.44. The smallest absolute Gasteiger partial charge is 0.331 e. The highest BCUT2D eigenvalue weighted by Gasteiger charge is 2.53. The molecule has 0 spiro atoms. The third-order valence-corrected chi connectivity index (χ3v) is 6.50. The second-order valence-corrected chi connectivity index (χ2v) is 10.4. The SMILES string of the molecule is CC(=O)OC1O[C@H](CCP(=O)(OC(C)C)OC(C)C)[C@@H](OC(C)=O)[C@H](OC(C)=O)[C@@H]1OC(C)=O. The lowest BCUT2D eigenvalue weighted by molar-refractivity contribution is -0.296. The Morgan fingerprint density at radius 3 is 1.53 bits per heavy atom. The summed E-state index contributed by atoms with van der Waals surface area (Å²) in [6, 6.07) is 0. The number of carbonyl (C=O) groups is 4. The van der Waals surface area contributed by atoms with Gasteiger partial charge >= 0.3 is 31.5 Å². The Kier molecular flexibility index (Phi) is 11.6. The van der Waals surface area contributed by atoms with Crippen molar-refractivity contribution in [3.8, 4) is 0 Å². The summed E-state index contributed by atoms with van der Waals surface area (Å²) in [5, 5.41) is 0. The van der Waals surface area contributed by atoms with Crippen molar-refractivity contribution in [3.05, 3.63) is 0 Å². The normalized spacial score (nSPS) is 25.1. The Balaban J connectivity index is 3.36. The van der Waals surface area contributed by atoms with Crippen molar-refractivity contribution in [2.45, 2.75) is 105 Å². The molecule has 12 nitrogen and oxygen atoms in total. The van der Waals surface area contributed by atoms with Crippen LogP contribution in [-0.4, -0.2) is 73.0 Å². The van der Waals surface area contributed by atoms with Crippen molar-refractivity contribution < 1.29 is 56.5 Å². The first-order chi connectivity index (χ1) is 15.6. The van der Waals surface area contributed by atoms with Gasteiger partial charge in [-0.15, -0.1) is 0 Å². The quantitative estimate of drug-likeness (QED) is 0.228. The first-order valence-electron chi connectivity index (χ1n) is 10.9. The predicted molar refractivity (Wildman–Crippen MR) is 117 cm³/mol. The van der Waals surface area contributed by atoms with Crippen LogP contribution in [0.5, 0.6) is 0 Å². The summed E-state index contributed by atoms with van der Waals surface area (Å²) in [5.41, 5.74) is 0. The van der Waals surface area contributed by atoms with Crippen LogP contribution in [0.15, 0.2) is 0 Å². The third-order valence-electron chi connectivity index (χ3n) is 4.21. The van der Waals surface area contributed by atoms with Crippen molar-refractivity contribution in [1.82, 2.24) is 0 Å². The van der Waals surface area contributed by atoms with E-state index >= 15 is 0 Å². The Bertz CT molecular complexity index is 766. The van der Waals surface area contributed by atoms with Gasteiger partial charge in [0.05, 0.1) is 18.4 Å². The van der Waals surface area contributed by atoms with E-state index in [-0.39, 0.29) is 12.6 Å². The molecule has 0 aromatic heterocycles. The lowest BCUT2D eigenvalue weighted by Crippen LogP contribution is -2.62. The van der Waals surface area contributed by atoms with E-state index < -0.39 is 74.4 Å². The molecule has 0 aliphatic carbocycles. The summed E-state index contributed by atoms with van der Waals surface area (Å²) < 4.78 is 51.3. The van der Waals surface area contributed by atoms with E-state index in [2.05, 4.69) is 0 Å². The molecule has 1 saturated heterocycles. The molecular formula is C21H35O12P. The number of ether oxygens (including phenoxy) is 5. The molecule has 5 atom stereocenters. The molecule has 0 amide bonds. The molecule has 196 valence electrons. The van der Waals surface area contributed by atoms with Crippen LogP contribution in [-0.2, 0) is 56.5 Å². The summed E-state index contributed by atoms with van der Waals surface area (Å²) >= 11 is 0. The van der Waals surface area contributed by atoms with Gasteiger partial charge in [-0.05, 0) is 34.1 Å². The largest absolute Gasteiger partial charge is 0.456 e. The van der Waals surface area contributed by atoms with Crippen molar-refractivity contribution in [2.24, 2.45) is 0 Å². The highest BCUT2D eigenvalue weighted by atomic mass is 31.2. The molecule has 0 aromatic carbocycles. The fourth-order valence-electron chi connectivity index (χ4n) is 3.40. The zero-order valence-electron chi connectivity index (χ0n) is 20.8. The van der Waals surface area contributed by atoms with E-state index in [0.717, 1.165) is 27.7 Å². The van der Waals surface area contributed by atoms with Crippen LogP contribution >= 0.6 is 7.60 Å². The van der Waals surface area contributed by atoms with E-state index in [4.69, 9.17) is 32.7 Å². The van der Waals surface area contributed by atoms with Gasteiger partial charge in [-0.2, -0.15) is 0 Å². The summed E-state index contributed by atoms with van der Waals surface area (Å²) in [6.45, 7) is 11.3. The van der Waals surface area contributed by atoms with Gasteiger partial charge in [0, 0.05) is 27.7 Å². The van der Waals surface area contributed by atoms with Crippen LogP contribution in [0.2, 0.25) is 0 Å². The topological polar surface area (TPSA) is 150 Å². The second kappa shape index (κ2) is 13.2. The maximum Gasteiger partial charge on any atom is 0.331 e. The first-order valence-corrected chi connectivity index (χ1v) is 12.7. The maximum absolute atomic E-state index is 13.3. The van der Waals surface area contributed by atoms with Crippen LogP contribution in [0.4, 0.5) is 0 Å². The molecule has 1 unspecified atom stereocenters. The summed E-state index contributed by atoms with van der Waals surface area (Å²) in [6.07, 6.45) is -7.65. The monoisotopic (exact) mass is 510 g/mol. The van der Waals surface area contributed by atoms with Gasteiger partial charge in [0.1, 0.15) is 6.10 Å². The zero-order valence-corrected chi connectivity index (χ0v) is 21.7. The number of hydrogen-bond acceptors (Lipinski definition) is 12. The molecule has 34 heavy (non-hydrogen) atoms. The highest BCUT2D eigenvalue weighted by molar-refractivity contribution is 7.53. The fraction of sp³-hybridized carbons (Fsp3) is 0.810. The van der Waals surface area contributed by atoms with Crippen LogP contribution in [0.1, 0.15) is 61.8 Å². The van der Waals surface area contributed by atoms with E-state index in [1.165, 1.54) is 0 Å². The van der Waals surface area contributed by atoms with Crippen LogP contribution < -0.4 is 0 Å². The summed E-state index contributed by atoms with van der Waals surface area (Å²) in [5.74, 6) is -3.03. The van der Waals surface area contributed by atoms with Gasteiger partial charge in [0.15, 0.2) is 12.2 Å². The Labute approximate surface area is 199 Å². The molecule has 0 N–H and O–H groups in total. The molecular weight excluding hydrogens is 475 g/mol. The summed E-state index contributed by atoms with van der Waals surface area (Å²) in [4.78, 5) is 47.1. The van der Waals surface area contributed by atoms with Crippen LogP contribution in [0.25, 0.3) is 0 Å².